The lowest BCUT2D eigenvalue weighted by atomic mass is 9.82. The quantitative estimate of drug-likeness (QED) is 0.722. The molecule has 2 heterocycles. The van der Waals surface area contributed by atoms with Crippen molar-refractivity contribution in [2.45, 2.75) is 52.7 Å². The van der Waals surface area contributed by atoms with Gasteiger partial charge in [0, 0.05) is 6.20 Å². The van der Waals surface area contributed by atoms with Gasteiger partial charge in [0.2, 0.25) is 5.95 Å². The minimum atomic E-state index is -0.110. The first-order valence-corrected chi connectivity index (χ1v) is 9.12. The highest BCUT2D eigenvalue weighted by Crippen LogP contribution is 2.29. The van der Waals surface area contributed by atoms with Crippen molar-refractivity contribution in [3.8, 4) is 11.7 Å². The van der Waals surface area contributed by atoms with Gasteiger partial charge in [-0.15, -0.1) is 0 Å². The van der Waals surface area contributed by atoms with E-state index in [0.29, 0.717) is 24.0 Å². The highest BCUT2D eigenvalue weighted by molar-refractivity contribution is 5.39. The molecule has 1 N–H and O–H groups in total. The molecule has 0 bridgehead atoms. The van der Waals surface area contributed by atoms with E-state index in [1.165, 1.54) is 16.7 Å². The summed E-state index contributed by atoms with van der Waals surface area (Å²) in [6.45, 7) is 9.19. The van der Waals surface area contributed by atoms with Crippen LogP contribution in [0.3, 0.4) is 0 Å². The zero-order valence-electron chi connectivity index (χ0n) is 16.3. The Bertz CT molecular complexity index is 895. The van der Waals surface area contributed by atoms with Crippen LogP contribution in [0.4, 0.5) is 0 Å². The average molecular weight is 366 g/mol. The number of aliphatic hydroxyl groups is 1. The predicted octanol–water partition coefficient (Wildman–Crippen LogP) is 3.59. The zero-order valence-corrected chi connectivity index (χ0v) is 16.3. The minimum Gasteiger partial charge on any atom is -0.486 e. The second kappa shape index (κ2) is 7.88. The van der Waals surface area contributed by atoms with Crippen LogP contribution in [0.1, 0.15) is 50.1 Å². The van der Waals surface area contributed by atoms with E-state index in [4.69, 9.17) is 9.84 Å². The molecule has 0 saturated heterocycles. The Balaban J connectivity index is 1.77. The number of aryl methyl sites for hydroxylation is 1. The van der Waals surface area contributed by atoms with E-state index in [2.05, 4.69) is 60.8 Å². The van der Waals surface area contributed by atoms with E-state index in [0.717, 1.165) is 6.42 Å². The summed E-state index contributed by atoms with van der Waals surface area (Å²) in [5.41, 5.74) is 4.46. The van der Waals surface area contributed by atoms with Gasteiger partial charge in [0.25, 0.3) is 0 Å². The maximum Gasteiger partial charge on any atom is 0.235 e. The number of nitrogens with zero attached hydrogens (tertiary/aromatic N) is 4. The lowest BCUT2D eigenvalue weighted by Gasteiger charge is -2.25. The van der Waals surface area contributed by atoms with E-state index < -0.39 is 0 Å². The van der Waals surface area contributed by atoms with Crippen molar-refractivity contribution in [2.24, 2.45) is 0 Å². The third kappa shape index (κ3) is 4.34. The molecule has 0 amide bonds. The Morgan fingerprint density at radius 1 is 1.11 bits per heavy atom. The fraction of sp³-hybridized carbons (Fsp3) is 0.381. The summed E-state index contributed by atoms with van der Waals surface area (Å²) < 4.78 is 7.66. The first kappa shape index (κ1) is 19.0. The number of ether oxygens (including phenoxy) is 1. The van der Waals surface area contributed by atoms with Crippen LogP contribution in [0.2, 0.25) is 0 Å². The number of aromatic nitrogens is 4. The first-order valence-electron chi connectivity index (χ1n) is 9.12. The second-order valence-electron chi connectivity index (χ2n) is 7.48. The molecular weight excluding hydrogens is 340 g/mol. The molecule has 142 valence electrons. The lowest BCUT2D eigenvalue weighted by Crippen LogP contribution is -2.17. The van der Waals surface area contributed by atoms with Gasteiger partial charge in [-0.25, -0.2) is 15.0 Å². The van der Waals surface area contributed by atoms with E-state index in [-0.39, 0.29) is 12.0 Å². The van der Waals surface area contributed by atoms with Crippen LogP contribution in [-0.4, -0.2) is 24.6 Å². The molecule has 2 aromatic heterocycles. The van der Waals surface area contributed by atoms with Crippen LogP contribution in [0.5, 0.6) is 5.75 Å². The summed E-state index contributed by atoms with van der Waals surface area (Å²) in [5.74, 6) is 1.10. The molecule has 0 aliphatic carbocycles. The van der Waals surface area contributed by atoms with Crippen LogP contribution in [0.15, 0.2) is 43.1 Å². The van der Waals surface area contributed by atoms with Gasteiger partial charge in [-0.2, -0.15) is 0 Å². The third-order valence-corrected chi connectivity index (χ3v) is 4.49. The van der Waals surface area contributed by atoms with Gasteiger partial charge in [0.1, 0.15) is 12.9 Å². The van der Waals surface area contributed by atoms with Crippen molar-refractivity contribution >= 4 is 0 Å². The SMILES string of the molecule is CCc1cccc(C(C)(C)C)c1COc1cnc(-n2cnc(CO)c2)nc1. The van der Waals surface area contributed by atoms with E-state index in [9.17, 15) is 0 Å². The summed E-state index contributed by atoms with van der Waals surface area (Å²) in [6, 6.07) is 6.45. The van der Waals surface area contributed by atoms with Gasteiger partial charge in [0.05, 0.1) is 24.7 Å². The summed E-state index contributed by atoms with van der Waals surface area (Å²) >= 11 is 0. The van der Waals surface area contributed by atoms with Crippen LogP contribution in [-0.2, 0) is 25.0 Å². The summed E-state index contributed by atoms with van der Waals surface area (Å²) in [6.07, 6.45) is 7.56. The maximum atomic E-state index is 9.11. The van der Waals surface area contributed by atoms with Crippen LogP contribution in [0.25, 0.3) is 5.95 Å². The number of hydrogen-bond acceptors (Lipinski definition) is 5. The largest absolute Gasteiger partial charge is 0.486 e. The molecule has 0 aliphatic rings. The van der Waals surface area contributed by atoms with E-state index in [1.54, 1.807) is 29.5 Å². The van der Waals surface area contributed by atoms with Crippen LogP contribution in [0, 0.1) is 0 Å². The Morgan fingerprint density at radius 3 is 2.44 bits per heavy atom. The molecule has 6 nitrogen and oxygen atoms in total. The summed E-state index contributed by atoms with van der Waals surface area (Å²) in [7, 11) is 0. The lowest BCUT2D eigenvalue weighted by molar-refractivity contribution is 0.277. The zero-order chi connectivity index (χ0) is 19.4. The molecule has 3 rings (SSSR count). The minimum absolute atomic E-state index is 0.0517. The molecule has 0 fully saturated rings. The van der Waals surface area contributed by atoms with E-state index in [1.807, 2.05) is 0 Å². The van der Waals surface area contributed by atoms with Crippen molar-refractivity contribution in [3.63, 3.8) is 0 Å². The first-order chi connectivity index (χ1) is 12.9. The Morgan fingerprint density at radius 2 is 1.85 bits per heavy atom. The number of imidazole rings is 1. The molecular formula is C21H26N4O2. The second-order valence-corrected chi connectivity index (χ2v) is 7.48. The molecule has 27 heavy (non-hydrogen) atoms. The van der Waals surface area contributed by atoms with Gasteiger partial charge in [-0.05, 0) is 28.5 Å². The topological polar surface area (TPSA) is 73.1 Å². The molecule has 0 unspecified atom stereocenters. The highest BCUT2D eigenvalue weighted by Gasteiger charge is 2.20. The average Bonchev–Trinajstić information content (AvgIpc) is 3.15. The van der Waals surface area contributed by atoms with Crippen LogP contribution < -0.4 is 4.74 Å². The molecule has 3 aromatic rings. The molecule has 0 saturated carbocycles. The Labute approximate surface area is 159 Å². The fourth-order valence-corrected chi connectivity index (χ4v) is 3.07. The fourth-order valence-electron chi connectivity index (χ4n) is 3.07. The third-order valence-electron chi connectivity index (χ3n) is 4.49. The highest BCUT2D eigenvalue weighted by atomic mass is 16.5. The Hall–Kier alpha value is -2.73. The van der Waals surface area contributed by atoms with Gasteiger partial charge in [-0.3, -0.25) is 4.57 Å². The van der Waals surface area contributed by atoms with Crippen molar-refractivity contribution in [2.75, 3.05) is 0 Å². The van der Waals surface area contributed by atoms with Crippen molar-refractivity contribution < 1.29 is 9.84 Å². The molecule has 1 aromatic carbocycles. The summed E-state index contributed by atoms with van der Waals surface area (Å²) in [4.78, 5) is 12.7. The number of aliphatic hydroxyl groups excluding tert-OH is 1. The number of rotatable bonds is 6. The van der Waals surface area contributed by atoms with Crippen LogP contribution >= 0.6 is 0 Å². The smallest absolute Gasteiger partial charge is 0.235 e. The molecule has 0 radical (unpaired) electrons. The standard InChI is InChI=1S/C21H26N4O2/c1-5-15-7-6-8-19(21(2,3)4)18(15)13-27-17-9-22-20(23-10-17)25-11-16(12-26)24-14-25/h6-11,14,26H,5,12-13H2,1-4H3. The van der Waals surface area contributed by atoms with E-state index >= 15 is 0 Å². The van der Waals surface area contributed by atoms with Crippen molar-refractivity contribution in [1.82, 2.24) is 19.5 Å². The number of hydrogen-bond donors (Lipinski definition) is 1. The molecule has 0 spiro atoms. The molecule has 0 aliphatic heterocycles. The predicted molar refractivity (Wildman–Crippen MR) is 104 cm³/mol. The summed E-state index contributed by atoms with van der Waals surface area (Å²) in [5, 5.41) is 9.11. The van der Waals surface area contributed by atoms with Crippen molar-refractivity contribution in [1.29, 1.82) is 0 Å². The van der Waals surface area contributed by atoms with Gasteiger partial charge < -0.3 is 9.84 Å². The molecule has 0 atom stereocenters. The van der Waals surface area contributed by atoms with Crippen molar-refractivity contribution in [3.05, 3.63) is 65.5 Å². The normalized spacial score (nSPS) is 11.6. The van der Waals surface area contributed by atoms with Gasteiger partial charge in [0.15, 0.2) is 5.75 Å². The molecule has 6 heteroatoms. The number of benzene rings is 1. The Kier molecular flexibility index (Phi) is 5.56. The van der Waals surface area contributed by atoms with Gasteiger partial charge in [-0.1, -0.05) is 45.9 Å². The monoisotopic (exact) mass is 366 g/mol. The maximum absolute atomic E-state index is 9.11. The van der Waals surface area contributed by atoms with Gasteiger partial charge >= 0.3 is 0 Å².